The molecule has 0 bridgehead atoms. The second-order valence-electron chi connectivity index (χ2n) is 6.02. The van der Waals surface area contributed by atoms with E-state index >= 15 is 0 Å². The van der Waals surface area contributed by atoms with Gasteiger partial charge in [0.2, 0.25) is 0 Å². The fraction of sp³-hybridized carbons (Fsp3) is 0.150. The molecule has 4 heteroatoms. The average Bonchev–Trinajstić information content (AvgIpc) is 3.20. The van der Waals surface area contributed by atoms with Crippen LogP contribution in [0, 0.1) is 13.8 Å². The first-order valence-corrected chi connectivity index (χ1v) is 8.90. The summed E-state index contributed by atoms with van der Waals surface area (Å²) in [7, 11) is 0. The first-order chi connectivity index (χ1) is 11.7. The Bertz CT molecular complexity index is 970. The molecule has 1 aromatic carbocycles. The van der Waals surface area contributed by atoms with E-state index < -0.39 is 0 Å². The van der Waals surface area contributed by atoms with Gasteiger partial charge in [0.05, 0.1) is 6.04 Å². The van der Waals surface area contributed by atoms with Crippen LogP contribution in [0.5, 0.6) is 0 Å². The number of aryl methyl sites for hydroxylation is 2. The number of anilines is 1. The Hall–Kier alpha value is -2.59. The molecule has 0 saturated heterocycles. The van der Waals surface area contributed by atoms with Crippen molar-refractivity contribution in [1.29, 1.82) is 0 Å². The molecule has 2 N–H and O–H groups in total. The molecule has 0 amide bonds. The summed E-state index contributed by atoms with van der Waals surface area (Å²) in [4.78, 5) is 9.29. The summed E-state index contributed by atoms with van der Waals surface area (Å²) in [5.74, 6) is 0.901. The predicted octanol–water partition coefficient (Wildman–Crippen LogP) is 5.44. The number of H-pyrrole nitrogens is 1. The highest BCUT2D eigenvalue weighted by atomic mass is 32.1. The number of nitrogens with zero attached hydrogens (tertiary/aromatic N) is 1. The van der Waals surface area contributed by atoms with E-state index in [9.17, 15) is 0 Å². The molecule has 0 radical (unpaired) electrons. The molecule has 4 aromatic rings. The van der Waals surface area contributed by atoms with Gasteiger partial charge in [0.15, 0.2) is 0 Å². The van der Waals surface area contributed by atoms with Crippen LogP contribution in [-0.2, 0) is 0 Å². The van der Waals surface area contributed by atoms with Crippen molar-refractivity contribution in [3.8, 4) is 0 Å². The summed E-state index contributed by atoms with van der Waals surface area (Å²) in [6.45, 7) is 4.23. The van der Waals surface area contributed by atoms with Crippen molar-refractivity contribution in [3.63, 3.8) is 0 Å². The van der Waals surface area contributed by atoms with Gasteiger partial charge in [-0.15, -0.1) is 11.3 Å². The van der Waals surface area contributed by atoms with Gasteiger partial charge in [0.1, 0.15) is 5.82 Å². The summed E-state index contributed by atoms with van der Waals surface area (Å²) >= 11 is 1.77. The molecule has 1 unspecified atom stereocenters. The Balaban J connectivity index is 1.85. The van der Waals surface area contributed by atoms with Crippen LogP contribution in [0.3, 0.4) is 0 Å². The molecule has 0 spiro atoms. The molecule has 120 valence electrons. The lowest BCUT2D eigenvalue weighted by atomic mass is 10.0. The molecule has 0 aliphatic rings. The number of rotatable bonds is 4. The van der Waals surface area contributed by atoms with Crippen LogP contribution in [0.2, 0.25) is 0 Å². The zero-order valence-corrected chi connectivity index (χ0v) is 14.5. The van der Waals surface area contributed by atoms with E-state index in [1.807, 2.05) is 12.3 Å². The topological polar surface area (TPSA) is 40.7 Å². The fourth-order valence-corrected chi connectivity index (χ4v) is 3.96. The number of nitrogens with one attached hydrogen (secondary N) is 2. The van der Waals surface area contributed by atoms with Crippen LogP contribution in [0.1, 0.15) is 27.7 Å². The number of aromatic amines is 1. The Morgan fingerprint density at radius 2 is 1.96 bits per heavy atom. The highest BCUT2D eigenvalue weighted by Gasteiger charge is 2.22. The predicted molar refractivity (Wildman–Crippen MR) is 102 cm³/mol. The van der Waals surface area contributed by atoms with Crippen LogP contribution in [-0.4, -0.2) is 9.97 Å². The van der Waals surface area contributed by atoms with E-state index in [-0.39, 0.29) is 6.04 Å². The van der Waals surface area contributed by atoms with Crippen LogP contribution >= 0.6 is 11.3 Å². The second-order valence-corrected chi connectivity index (χ2v) is 7.00. The van der Waals surface area contributed by atoms with Crippen molar-refractivity contribution < 1.29 is 0 Å². The van der Waals surface area contributed by atoms with Gasteiger partial charge in [-0.3, -0.25) is 0 Å². The number of hydrogen-bond donors (Lipinski definition) is 2. The molecule has 4 rings (SSSR count). The molecule has 24 heavy (non-hydrogen) atoms. The molecule has 0 saturated carbocycles. The minimum Gasteiger partial charge on any atom is -0.358 e. The van der Waals surface area contributed by atoms with Gasteiger partial charge >= 0.3 is 0 Å². The van der Waals surface area contributed by atoms with E-state index in [0.29, 0.717) is 0 Å². The summed E-state index contributed by atoms with van der Waals surface area (Å²) in [5, 5.41) is 7.02. The van der Waals surface area contributed by atoms with Crippen LogP contribution in [0.25, 0.3) is 10.9 Å². The van der Waals surface area contributed by atoms with E-state index in [1.165, 1.54) is 32.6 Å². The molecular weight excluding hydrogens is 314 g/mol. The van der Waals surface area contributed by atoms with Crippen molar-refractivity contribution >= 4 is 28.1 Å². The highest BCUT2D eigenvalue weighted by Crippen LogP contribution is 2.36. The summed E-state index contributed by atoms with van der Waals surface area (Å²) in [6.07, 6.45) is 1.85. The van der Waals surface area contributed by atoms with Crippen LogP contribution in [0.15, 0.2) is 60.1 Å². The van der Waals surface area contributed by atoms with E-state index in [0.717, 1.165) is 5.82 Å². The zero-order chi connectivity index (χ0) is 16.5. The maximum Gasteiger partial charge on any atom is 0.126 e. The molecule has 0 aliphatic carbocycles. The van der Waals surface area contributed by atoms with Crippen molar-refractivity contribution in [2.45, 2.75) is 19.9 Å². The standard InChI is InChI=1S/C20H19N3S/c1-13-9-10-21-18(12-13)23-20(17-8-5-11-24-17)19-14(2)22-16-7-4-3-6-15(16)19/h3-12,20,22H,1-2H3,(H,21,23). The molecule has 3 nitrogen and oxygen atoms in total. The maximum absolute atomic E-state index is 4.49. The highest BCUT2D eigenvalue weighted by molar-refractivity contribution is 7.10. The third kappa shape index (κ3) is 2.69. The molecule has 0 aliphatic heterocycles. The number of benzene rings is 1. The lowest BCUT2D eigenvalue weighted by Gasteiger charge is -2.19. The van der Waals surface area contributed by atoms with Crippen LogP contribution < -0.4 is 5.32 Å². The van der Waals surface area contributed by atoms with Gasteiger partial charge in [-0.2, -0.15) is 0 Å². The van der Waals surface area contributed by atoms with Gasteiger partial charge < -0.3 is 10.3 Å². The molecular formula is C20H19N3S. The zero-order valence-electron chi connectivity index (χ0n) is 13.7. The van der Waals surface area contributed by atoms with E-state index in [4.69, 9.17) is 0 Å². The fourth-order valence-electron chi connectivity index (χ4n) is 3.17. The van der Waals surface area contributed by atoms with Gasteiger partial charge in [0, 0.05) is 33.2 Å². The largest absolute Gasteiger partial charge is 0.358 e. The molecule has 0 fully saturated rings. The van der Waals surface area contributed by atoms with E-state index in [2.05, 4.69) is 77.0 Å². The number of para-hydroxylation sites is 1. The quantitative estimate of drug-likeness (QED) is 0.522. The molecule has 1 atom stereocenters. The van der Waals surface area contributed by atoms with Crippen molar-refractivity contribution in [2.24, 2.45) is 0 Å². The van der Waals surface area contributed by atoms with Gasteiger partial charge in [-0.25, -0.2) is 4.98 Å². The Morgan fingerprint density at radius 3 is 2.75 bits per heavy atom. The smallest absolute Gasteiger partial charge is 0.126 e. The lowest BCUT2D eigenvalue weighted by Crippen LogP contribution is -2.13. The monoisotopic (exact) mass is 333 g/mol. The Morgan fingerprint density at radius 1 is 1.08 bits per heavy atom. The first-order valence-electron chi connectivity index (χ1n) is 8.02. The Kier molecular flexibility index (Phi) is 3.82. The van der Waals surface area contributed by atoms with Gasteiger partial charge in [-0.1, -0.05) is 24.3 Å². The first kappa shape index (κ1) is 15.0. The minimum absolute atomic E-state index is 0.0791. The van der Waals surface area contributed by atoms with E-state index in [1.54, 1.807) is 11.3 Å². The average molecular weight is 333 g/mol. The molecule has 3 heterocycles. The second kappa shape index (κ2) is 6.13. The van der Waals surface area contributed by atoms with Crippen molar-refractivity contribution in [3.05, 3.63) is 81.8 Å². The van der Waals surface area contributed by atoms with Crippen molar-refractivity contribution in [2.75, 3.05) is 5.32 Å². The summed E-state index contributed by atoms with van der Waals surface area (Å²) < 4.78 is 0. The normalized spacial score (nSPS) is 12.4. The number of hydrogen-bond acceptors (Lipinski definition) is 3. The van der Waals surface area contributed by atoms with Crippen LogP contribution in [0.4, 0.5) is 5.82 Å². The number of thiophene rings is 1. The summed E-state index contributed by atoms with van der Waals surface area (Å²) in [5.41, 5.74) is 4.85. The minimum atomic E-state index is 0.0791. The summed E-state index contributed by atoms with van der Waals surface area (Å²) in [6, 6.07) is 16.9. The lowest BCUT2D eigenvalue weighted by molar-refractivity contribution is 0.942. The number of pyridine rings is 1. The maximum atomic E-state index is 4.49. The van der Waals surface area contributed by atoms with Gasteiger partial charge in [-0.05, 0) is 49.1 Å². The van der Waals surface area contributed by atoms with Gasteiger partial charge in [0.25, 0.3) is 0 Å². The third-order valence-electron chi connectivity index (χ3n) is 4.27. The SMILES string of the molecule is Cc1ccnc(NC(c2cccs2)c2c(C)[nH]c3ccccc23)c1. The van der Waals surface area contributed by atoms with Crippen molar-refractivity contribution in [1.82, 2.24) is 9.97 Å². The number of aromatic nitrogens is 2. The third-order valence-corrected chi connectivity index (χ3v) is 5.20. The molecule has 3 aromatic heterocycles. The number of fused-ring (bicyclic) bond motifs is 1. The Labute approximate surface area is 145 Å².